The summed E-state index contributed by atoms with van der Waals surface area (Å²) < 4.78 is 20.4. The molecule has 0 fully saturated rings. The Kier molecular flexibility index (Phi) is 5.92. The van der Waals surface area contributed by atoms with Crippen molar-refractivity contribution < 1.29 is 4.21 Å². The summed E-state index contributed by atoms with van der Waals surface area (Å²) in [6.07, 6.45) is 6.23. The zero-order valence-corrected chi connectivity index (χ0v) is 17.4. The number of rotatable bonds is 6. The van der Waals surface area contributed by atoms with Gasteiger partial charge in [0.1, 0.15) is 9.92 Å². The van der Waals surface area contributed by atoms with E-state index in [4.69, 9.17) is 0 Å². The molecular weight excluding hydrogens is 380 g/mol. The number of fused-ring (bicyclic) bond motifs is 2. The van der Waals surface area contributed by atoms with Crippen LogP contribution in [0.2, 0.25) is 0 Å². The van der Waals surface area contributed by atoms with Gasteiger partial charge in [0, 0.05) is 43.9 Å². The minimum absolute atomic E-state index is 0.603. The molecule has 1 aliphatic rings. The van der Waals surface area contributed by atoms with E-state index in [9.17, 15) is 4.21 Å². The Bertz CT molecular complexity index is 1040. The van der Waals surface area contributed by atoms with Crippen LogP contribution in [0.5, 0.6) is 0 Å². The summed E-state index contributed by atoms with van der Waals surface area (Å²) in [6, 6.07) is 20.8. The number of para-hydroxylation sites is 2. The van der Waals surface area contributed by atoms with Gasteiger partial charge in [-0.2, -0.15) is 0 Å². The first-order valence-electron chi connectivity index (χ1n) is 9.94. The molecule has 5 nitrogen and oxygen atoms in total. The highest BCUT2D eigenvalue weighted by Gasteiger charge is 2.20. The molecule has 0 radical (unpaired) electrons. The van der Waals surface area contributed by atoms with E-state index < -0.39 is 9.92 Å². The monoisotopic (exact) mass is 406 g/mol. The summed E-state index contributed by atoms with van der Waals surface area (Å²) in [6.45, 7) is 1.44. The van der Waals surface area contributed by atoms with E-state index in [1.54, 1.807) is 31.6 Å². The van der Waals surface area contributed by atoms with Crippen LogP contribution in [0.25, 0.3) is 0 Å². The number of hydrogen-bond donors (Lipinski definition) is 1. The third kappa shape index (κ3) is 4.18. The van der Waals surface area contributed by atoms with E-state index in [0.717, 1.165) is 25.8 Å². The van der Waals surface area contributed by atoms with Crippen molar-refractivity contribution in [1.29, 1.82) is 0 Å². The fourth-order valence-electron chi connectivity index (χ4n) is 3.82. The molecule has 2 aromatic carbocycles. The molecule has 0 amide bonds. The standard InChI is InChI=1S/C23H26N4OS/c1-24-29(28,21-10-6-15-25-18-21)26-16-7-17-27-22-11-4-2-8-19(22)13-14-20-9-3-5-12-23(20)27/h2-6,8-12,15,18H,7,13-14,16-17H2,1H3,(H,24,26,28). The van der Waals surface area contributed by atoms with Crippen LogP contribution in [-0.2, 0) is 22.8 Å². The Morgan fingerprint density at radius 1 is 1.00 bits per heavy atom. The fraction of sp³-hybridized carbons (Fsp3) is 0.261. The molecule has 1 N–H and O–H groups in total. The third-order valence-electron chi connectivity index (χ3n) is 5.30. The van der Waals surface area contributed by atoms with Gasteiger partial charge in [-0.05, 0) is 54.7 Å². The van der Waals surface area contributed by atoms with Gasteiger partial charge in [0.15, 0.2) is 0 Å². The quantitative estimate of drug-likeness (QED) is 0.619. The molecule has 0 aliphatic carbocycles. The second kappa shape index (κ2) is 8.76. The van der Waals surface area contributed by atoms with Crippen LogP contribution in [0.4, 0.5) is 11.4 Å². The summed E-state index contributed by atoms with van der Waals surface area (Å²) in [5.41, 5.74) is 5.29. The number of aromatic nitrogens is 1. The number of aryl methyl sites for hydroxylation is 2. The molecule has 4 rings (SSSR count). The van der Waals surface area contributed by atoms with Crippen LogP contribution in [-0.4, -0.2) is 29.3 Å². The average molecular weight is 407 g/mol. The van der Waals surface area contributed by atoms with Gasteiger partial charge in [-0.3, -0.25) is 4.98 Å². The first-order valence-corrected chi connectivity index (χ1v) is 11.5. The minimum atomic E-state index is -2.64. The molecule has 0 bridgehead atoms. The van der Waals surface area contributed by atoms with E-state index in [1.807, 2.05) is 0 Å². The second-order valence-corrected chi connectivity index (χ2v) is 9.23. The molecule has 0 saturated carbocycles. The molecule has 1 atom stereocenters. The van der Waals surface area contributed by atoms with Gasteiger partial charge in [-0.25, -0.2) is 13.3 Å². The van der Waals surface area contributed by atoms with Crippen molar-refractivity contribution in [1.82, 2.24) is 9.71 Å². The molecule has 6 heteroatoms. The molecule has 0 saturated heterocycles. The van der Waals surface area contributed by atoms with Gasteiger partial charge in [-0.1, -0.05) is 36.4 Å². The molecular formula is C23H26N4OS. The van der Waals surface area contributed by atoms with Crippen LogP contribution in [0.1, 0.15) is 17.5 Å². The maximum atomic E-state index is 13.1. The molecule has 3 aromatic rings. The maximum absolute atomic E-state index is 13.1. The van der Waals surface area contributed by atoms with Gasteiger partial charge in [-0.15, -0.1) is 0 Å². The van der Waals surface area contributed by atoms with Crippen LogP contribution in [0, 0.1) is 0 Å². The summed E-state index contributed by atoms with van der Waals surface area (Å²) in [7, 11) is -1.06. The smallest absolute Gasteiger partial charge is 0.138 e. The average Bonchev–Trinajstić information content (AvgIpc) is 2.94. The third-order valence-corrected chi connectivity index (χ3v) is 7.29. The van der Waals surface area contributed by atoms with Crippen molar-refractivity contribution in [3.8, 4) is 0 Å². The number of nitrogens with one attached hydrogen (secondary N) is 1. The lowest BCUT2D eigenvalue weighted by molar-refractivity contribution is 0.658. The van der Waals surface area contributed by atoms with E-state index in [1.165, 1.54) is 22.5 Å². The highest BCUT2D eigenvalue weighted by molar-refractivity contribution is 7.91. The summed E-state index contributed by atoms with van der Waals surface area (Å²) in [4.78, 5) is 7.09. The number of anilines is 2. The van der Waals surface area contributed by atoms with Crippen molar-refractivity contribution in [3.63, 3.8) is 0 Å². The zero-order valence-electron chi connectivity index (χ0n) is 16.6. The summed E-state index contributed by atoms with van der Waals surface area (Å²) in [5.74, 6) is 0. The molecule has 1 aromatic heterocycles. The van der Waals surface area contributed by atoms with Crippen LogP contribution >= 0.6 is 0 Å². The van der Waals surface area contributed by atoms with E-state index in [2.05, 4.69) is 67.5 Å². The zero-order chi connectivity index (χ0) is 20.1. The first-order chi connectivity index (χ1) is 14.2. The predicted molar refractivity (Wildman–Crippen MR) is 119 cm³/mol. The summed E-state index contributed by atoms with van der Waals surface area (Å²) >= 11 is 0. The topological polar surface area (TPSA) is 57.6 Å². The van der Waals surface area contributed by atoms with Gasteiger partial charge < -0.3 is 4.90 Å². The molecule has 29 heavy (non-hydrogen) atoms. The van der Waals surface area contributed by atoms with Crippen molar-refractivity contribution in [2.24, 2.45) is 4.36 Å². The van der Waals surface area contributed by atoms with Gasteiger partial charge in [0.25, 0.3) is 0 Å². The fourth-order valence-corrected chi connectivity index (χ4v) is 5.22. The molecule has 150 valence electrons. The summed E-state index contributed by atoms with van der Waals surface area (Å²) in [5, 5.41) is 0. The van der Waals surface area contributed by atoms with Crippen molar-refractivity contribution >= 4 is 21.3 Å². The van der Waals surface area contributed by atoms with E-state index in [0.29, 0.717) is 11.4 Å². The van der Waals surface area contributed by atoms with Crippen LogP contribution in [0.3, 0.4) is 0 Å². The molecule has 1 aliphatic heterocycles. The Balaban J connectivity index is 1.51. The van der Waals surface area contributed by atoms with E-state index in [-0.39, 0.29) is 0 Å². The highest BCUT2D eigenvalue weighted by atomic mass is 32.2. The Hall–Kier alpha value is -2.70. The van der Waals surface area contributed by atoms with Gasteiger partial charge >= 0.3 is 0 Å². The molecule has 0 spiro atoms. The minimum Gasteiger partial charge on any atom is -0.341 e. The lowest BCUT2D eigenvalue weighted by atomic mass is 10.0. The highest BCUT2D eigenvalue weighted by Crippen LogP contribution is 2.35. The number of pyridine rings is 1. The maximum Gasteiger partial charge on any atom is 0.138 e. The number of benzene rings is 2. The van der Waals surface area contributed by atoms with Crippen molar-refractivity contribution in [2.75, 3.05) is 25.0 Å². The SMILES string of the molecule is CN=S(=O)(NCCCN1c2ccccc2CCc2ccccc21)c1cccnc1. The lowest BCUT2D eigenvalue weighted by Gasteiger charge is -2.27. The van der Waals surface area contributed by atoms with Crippen LogP contribution < -0.4 is 9.62 Å². The number of hydrogen-bond acceptors (Lipinski definition) is 4. The largest absolute Gasteiger partial charge is 0.341 e. The molecule has 1 unspecified atom stereocenters. The Morgan fingerprint density at radius 2 is 1.66 bits per heavy atom. The van der Waals surface area contributed by atoms with Crippen LogP contribution in [0.15, 0.2) is 82.3 Å². The normalized spacial score (nSPS) is 15.0. The second-order valence-electron chi connectivity index (χ2n) is 7.05. The Morgan fingerprint density at radius 3 is 2.24 bits per heavy atom. The van der Waals surface area contributed by atoms with E-state index >= 15 is 0 Å². The van der Waals surface area contributed by atoms with Gasteiger partial charge in [0.2, 0.25) is 0 Å². The van der Waals surface area contributed by atoms with Crippen molar-refractivity contribution in [2.45, 2.75) is 24.2 Å². The Labute approximate surface area is 173 Å². The first kappa shape index (κ1) is 19.6. The number of nitrogens with zero attached hydrogens (tertiary/aromatic N) is 3. The molecule has 2 heterocycles. The lowest BCUT2D eigenvalue weighted by Crippen LogP contribution is -2.28. The predicted octanol–water partition coefficient (Wildman–Crippen LogP) is 4.37. The van der Waals surface area contributed by atoms with Gasteiger partial charge in [0.05, 0.1) is 4.90 Å². The van der Waals surface area contributed by atoms with Crippen molar-refractivity contribution in [3.05, 3.63) is 84.2 Å².